The molecule has 1 aromatic heterocycles. The third-order valence-corrected chi connectivity index (χ3v) is 2.01. The molecule has 0 aliphatic carbocycles. The predicted molar refractivity (Wildman–Crippen MR) is 59.5 cm³/mol. The molecular formula is C9H16N4O3. The van der Waals surface area contributed by atoms with Crippen molar-refractivity contribution in [1.82, 2.24) is 14.3 Å². The van der Waals surface area contributed by atoms with Crippen molar-refractivity contribution in [2.75, 3.05) is 11.9 Å². The van der Waals surface area contributed by atoms with Crippen molar-refractivity contribution in [2.45, 2.75) is 19.4 Å². The van der Waals surface area contributed by atoms with Crippen molar-refractivity contribution in [3.8, 4) is 0 Å². The molecule has 0 saturated carbocycles. The van der Waals surface area contributed by atoms with Gasteiger partial charge in [-0.2, -0.15) is 0 Å². The van der Waals surface area contributed by atoms with Crippen LogP contribution in [0, 0.1) is 0 Å². The summed E-state index contributed by atoms with van der Waals surface area (Å²) in [5.41, 5.74) is -1.95. The average Bonchev–Trinajstić information content (AvgIpc) is 2.17. The lowest BCUT2D eigenvalue weighted by molar-refractivity contribution is 0.0943. The van der Waals surface area contributed by atoms with E-state index in [1.807, 2.05) is 0 Å². The summed E-state index contributed by atoms with van der Waals surface area (Å²) in [6.07, 6.45) is 0. The minimum Gasteiger partial charge on any atom is -0.389 e. The summed E-state index contributed by atoms with van der Waals surface area (Å²) in [5.74, 6) is 0.0479. The van der Waals surface area contributed by atoms with Crippen LogP contribution in [0.2, 0.25) is 0 Å². The van der Waals surface area contributed by atoms with Gasteiger partial charge in [0.1, 0.15) is 0 Å². The number of hydrogen-bond donors (Lipinski definition) is 2. The maximum atomic E-state index is 11.6. The third kappa shape index (κ3) is 2.69. The van der Waals surface area contributed by atoms with Crippen molar-refractivity contribution in [3.63, 3.8) is 0 Å². The Balaban J connectivity index is 3.08. The van der Waals surface area contributed by atoms with Crippen LogP contribution in [0.15, 0.2) is 9.59 Å². The Morgan fingerprint density at radius 3 is 2.44 bits per heavy atom. The van der Waals surface area contributed by atoms with Crippen molar-refractivity contribution >= 4 is 5.82 Å². The molecule has 0 saturated heterocycles. The highest BCUT2D eigenvalue weighted by Gasteiger charge is 2.15. The number of rotatable bonds is 3. The van der Waals surface area contributed by atoms with E-state index in [2.05, 4.69) is 10.4 Å². The van der Waals surface area contributed by atoms with Crippen molar-refractivity contribution in [1.29, 1.82) is 0 Å². The SMILES string of the molecule is Cn1nc(NCC(C)(C)O)c(=O)n(C)c1=O. The topological polar surface area (TPSA) is 89.2 Å². The molecule has 90 valence electrons. The van der Waals surface area contributed by atoms with Gasteiger partial charge in [0.2, 0.25) is 5.82 Å². The summed E-state index contributed by atoms with van der Waals surface area (Å²) in [4.78, 5) is 22.9. The number of aryl methyl sites for hydroxylation is 1. The molecule has 0 radical (unpaired) electrons. The Hall–Kier alpha value is -1.63. The Morgan fingerprint density at radius 2 is 1.94 bits per heavy atom. The van der Waals surface area contributed by atoms with Gasteiger partial charge in [-0.1, -0.05) is 0 Å². The van der Waals surface area contributed by atoms with Gasteiger partial charge in [-0.25, -0.2) is 9.48 Å². The van der Waals surface area contributed by atoms with E-state index >= 15 is 0 Å². The van der Waals surface area contributed by atoms with E-state index in [0.29, 0.717) is 0 Å². The summed E-state index contributed by atoms with van der Waals surface area (Å²) < 4.78 is 2.02. The highest BCUT2D eigenvalue weighted by molar-refractivity contribution is 5.29. The zero-order chi connectivity index (χ0) is 12.5. The van der Waals surface area contributed by atoms with Crippen LogP contribution in [0.3, 0.4) is 0 Å². The highest BCUT2D eigenvalue weighted by Crippen LogP contribution is 2.01. The molecule has 2 N–H and O–H groups in total. The van der Waals surface area contributed by atoms with Crippen LogP contribution in [0.25, 0.3) is 0 Å². The fraction of sp³-hybridized carbons (Fsp3) is 0.667. The van der Waals surface area contributed by atoms with Gasteiger partial charge in [0, 0.05) is 20.6 Å². The lowest BCUT2D eigenvalue weighted by atomic mass is 10.1. The van der Waals surface area contributed by atoms with E-state index in [0.717, 1.165) is 9.25 Å². The zero-order valence-electron chi connectivity index (χ0n) is 9.81. The molecule has 1 heterocycles. The van der Waals surface area contributed by atoms with E-state index < -0.39 is 16.9 Å². The number of anilines is 1. The molecule has 1 aromatic rings. The first kappa shape index (κ1) is 12.4. The predicted octanol–water partition coefficient (Wildman–Crippen LogP) is -1.34. The lowest BCUT2D eigenvalue weighted by Gasteiger charge is -2.17. The second-order valence-electron chi connectivity index (χ2n) is 4.28. The molecule has 0 aliphatic heterocycles. The number of aliphatic hydroxyl groups is 1. The van der Waals surface area contributed by atoms with Gasteiger partial charge in [-0.05, 0) is 13.8 Å². The van der Waals surface area contributed by atoms with Gasteiger partial charge in [0.15, 0.2) is 0 Å². The second-order valence-corrected chi connectivity index (χ2v) is 4.28. The van der Waals surface area contributed by atoms with Crippen molar-refractivity contribution in [2.24, 2.45) is 14.1 Å². The molecule has 0 bridgehead atoms. The molecule has 0 amide bonds. The molecule has 7 nitrogen and oxygen atoms in total. The number of aromatic nitrogens is 3. The van der Waals surface area contributed by atoms with Gasteiger partial charge in [-0.15, -0.1) is 5.10 Å². The Bertz CT molecular complexity index is 495. The first-order chi connectivity index (χ1) is 7.22. The summed E-state index contributed by atoms with van der Waals surface area (Å²) in [7, 11) is 2.83. The van der Waals surface area contributed by atoms with E-state index in [4.69, 9.17) is 0 Å². The van der Waals surface area contributed by atoms with Crippen molar-refractivity contribution < 1.29 is 5.11 Å². The minimum absolute atomic E-state index is 0.0479. The van der Waals surface area contributed by atoms with E-state index in [-0.39, 0.29) is 12.4 Å². The molecule has 0 aliphatic rings. The molecule has 7 heteroatoms. The molecule has 0 aromatic carbocycles. The Morgan fingerprint density at radius 1 is 1.38 bits per heavy atom. The first-order valence-corrected chi connectivity index (χ1v) is 4.83. The van der Waals surface area contributed by atoms with E-state index in [1.54, 1.807) is 13.8 Å². The number of nitrogens with one attached hydrogen (secondary N) is 1. The van der Waals surface area contributed by atoms with E-state index in [1.165, 1.54) is 14.1 Å². The molecule has 1 rings (SSSR count). The van der Waals surface area contributed by atoms with Gasteiger partial charge >= 0.3 is 5.69 Å². The normalized spacial score (nSPS) is 11.6. The van der Waals surface area contributed by atoms with Gasteiger partial charge in [-0.3, -0.25) is 9.36 Å². The van der Waals surface area contributed by atoms with Crippen LogP contribution in [-0.4, -0.2) is 31.6 Å². The summed E-state index contributed by atoms with van der Waals surface area (Å²) in [6, 6.07) is 0. The van der Waals surface area contributed by atoms with Crippen LogP contribution < -0.4 is 16.6 Å². The van der Waals surface area contributed by atoms with Crippen LogP contribution in [0.5, 0.6) is 0 Å². The van der Waals surface area contributed by atoms with Crippen molar-refractivity contribution in [3.05, 3.63) is 20.8 Å². The Kier molecular flexibility index (Phi) is 3.18. The minimum atomic E-state index is -0.957. The molecule has 0 spiro atoms. The molecule has 0 unspecified atom stereocenters. The third-order valence-electron chi connectivity index (χ3n) is 2.01. The second kappa shape index (κ2) is 4.09. The molecule has 16 heavy (non-hydrogen) atoms. The van der Waals surface area contributed by atoms with Gasteiger partial charge < -0.3 is 10.4 Å². The van der Waals surface area contributed by atoms with Crippen LogP contribution in [0.4, 0.5) is 5.82 Å². The van der Waals surface area contributed by atoms with E-state index in [9.17, 15) is 14.7 Å². The fourth-order valence-electron chi connectivity index (χ4n) is 1.11. The largest absolute Gasteiger partial charge is 0.389 e. The molecular weight excluding hydrogens is 212 g/mol. The smallest absolute Gasteiger partial charge is 0.346 e. The first-order valence-electron chi connectivity index (χ1n) is 4.83. The van der Waals surface area contributed by atoms with Crippen LogP contribution in [-0.2, 0) is 14.1 Å². The maximum absolute atomic E-state index is 11.6. The van der Waals surface area contributed by atoms with Crippen LogP contribution in [0.1, 0.15) is 13.8 Å². The quantitative estimate of drug-likeness (QED) is 0.668. The molecule has 0 fully saturated rings. The average molecular weight is 228 g/mol. The summed E-state index contributed by atoms with van der Waals surface area (Å²) in [6.45, 7) is 3.38. The standard InChI is InChI=1S/C9H16N4O3/c1-9(2,16)5-10-6-7(14)12(3)8(15)13(4)11-6/h16H,5H2,1-4H3,(H,10,11). The van der Waals surface area contributed by atoms with Gasteiger partial charge in [0.25, 0.3) is 5.56 Å². The zero-order valence-corrected chi connectivity index (χ0v) is 9.81. The highest BCUT2D eigenvalue weighted by atomic mass is 16.3. The molecule has 0 atom stereocenters. The fourth-order valence-corrected chi connectivity index (χ4v) is 1.11. The maximum Gasteiger partial charge on any atom is 0.346 e. The van der Waals surface area contributed by atoms with Gasteiger partial charge in [0.05, 0.1) is 5.60 Å². The number of nitrogens with zero attached hydrogens (tertiary/aromatic N) is 3. The lowest BCUT2D eigenvalue weighted by Crippen LogP contribution is -2.41. The summed E-state index contributed by atoms with van der Waals surface area (Å²) in [5, 5.41) is 16.0. The van der Waals surface area contributed by atoms with Crippen LogP contribution >= 0.6 is 0 Å². The Labute approximate surface area is 92.3 Å². The number of hydrogen-bond acceptors (Lipinski definition) is 5. The monoisotopic (exact) mass is 228 g/mol. The summed E-state index contributed by atoms with van der Waals surface area (Å²) >= 11 is 0.